The average Bonchev–Trinajstić information content (AvgIpc) is 2.89. The van der Waals surface area contributed by atoms with Crippen LogP contribution in [0.1, 0.15) is 54.6 Å². The van der Waals surface area contributed by atoms with Crippen molar-refractivity contribution in [1.29, 1.82) is 0 Å². The number of likely N-dealkylation sites (tertiary alicyclic amines) is 1. The summed E-state index contributed by atoms with van der Waals surface area (Å²) in [5, 5.41) is 24.9. The lowest BCUT2D eigenvalue weighted by Gasteiger charge is -2.29. The van der Waals surface area contributed by atoms with Crippen LogP contribution < -0.4 is 10.6 Å². The van der Waals surface area contributed by atoms with Crippen LogP contribution in [-0.2, 0) is 16.0 Å². The van der Waals surface area contributed by atoms with E-state index in [1.54, 1.807) is 4.90 Å². The van der Waals surface area contributed by atoms with E-state index in [2.05, 4.69) is 20.6 Å². The van der Waals surface area contributed by atoms with Crippen molar-refractivity contribution < 1.29 is 24.4 Å². The molecule has 1 aliphatic heterocycles. The van der Waals surface area contributed by atoms with Gasteiger partial charge in [0.25, 0.3) is 5.91 Å². The molecule has 11 heteroatoms. The molecule has 0 aliphatic carbocycles. The number of carbonyl (C=O) groups is 3. The second-order valence-corrected chi connectivity index (χ2v) is 8.67. The smallest absolute Gasteiger partial charge is 0.426 e. The molecular formula is C24H32BN5O5. The standard InChI is InChI=1S/C24H32BN5O5/c31-22(30-14-5-2-6-15-30)16-19(28-24(33)20-17-26-12-13-27-20)23(32)29-21(25(34)35)11-7-10-18-8-3-1-4-9-18/h1,3-4,8-9,12-13,17,19,21,34-35H,2,5-7,10-11,14-16H2,(H,28,33)(H,29,32)/t19?,21-/m0/s1. The molecule has 1 fully saturated rings. The Morgan fingerprint density at radius 3 is 2.43 bits per heavy atom. The van der Waals surface area contributed by atoms with Crippen LogP contribution in [0.3, 0.4) is 0 Å². The molecule has 0 bridgehead atoms. The zero-order valence-electron chi connectivity index (χ0n) is 19.7. The SMILES string of the molecule is O=C(NC(CC(=O)N1CCCCC1)C(=O)N[C@@H](CCCc1ccccc1)B(O)O)c1cnccn1. The fourth-order valence-corrected chi connectivity index (χ4v) is 4.05. The van der Waals surface area contributed by atoms with Gasteiger partial charge in [-0.2, -0.15) is 0 Å². The van der Waals surface area contributed by atoms with Crippen molar-refractivity contribution in [2.75, 3.05) is 13.1 Å². The van der Waals surface area contributed by atoms with Gasteiger partial charge in [0.15, 0.2) is 0 Å². The molecule has 0 saturated carbocycles. The third kappa shape index (κ3) is 8.45. The number of nitrogens with one attached hydrogen (secondary N) is 2. The summed E-state index contributed by atoms with van der Waals surface area (Å²) in [6, 6.07) is 8.54. The van der Waals surface area contributed by atoms with Crippen LogP contribution in [0, 0.1) is 0 Å². The van der Waals surface area contributed by atoms with Crippen LogP contribution in [0.15, 0.2) is 48.9 Å². The first kappa shape index (κ1) is 26.3. The minimum Gasteiger partial charge on any atom is -0.426 e. The second-order valence-electron chi connectivity index (χ2n) is 8.67. The fraction of sp³-hybridized carbons (Fsp3) is 0.458. The van der Waals surface area contributed by atoms with Crippen molar-refractivity contribution in [3.05, 3.63) is 60.2 Å². The Balaban J connectivity index is 1.65. The van der Waals surface area contributed by atoms with Crippen LogP contribution in [0.5, 0.6) is 0 Å². The van der Waals surface area contributed by atoms with E-state index in [1.165, 1.54) is 18.6 Å². The summed E-state index contributed by atoms with van der Waals surface area (Å²) in [4.78, 5) is 48.1. The van der Waals surface area contributed by atoms with E-state index >= 15 is 0 Å². The predicted octanol–water partition coefficient (Wildman–Crippen LogP) is 0.497. The first-order valence-corrected chi connectivity index (χ1v) is 12.0. The number of aryl methyl sites for hydroxylation is 1. The normalized spacial score (nSPS) is 15.1. The fourth-order valence-electron chi connectivity index (χ4n) is 4.05. The molecule has 1 aliphatic rings. The van der Waals surface area contributed by atoms with Crippen molar-refractivity contribution in [3.8, 4) is 0 Å². The highest BCUT2D eigenvalue weighted by atomic mass is 16.4. The molecule has 2 aromatic rings. The van der Waals surface area contributed by atoms with E-state index in [0.717, 1.165) is 24.8 Å². The molecule has 4 N–H and O–H groups in total. The molecule has 186 valence electrons. The highest BCUT2D eigenvalue weighted by Gasteiger charge is 2.32. The van der Waals surface area contributed by atoms with Gasteiger partial charge in [-0.3, -0.25) is 19.4 Å². The lowest BCUT2D eigenvalue weighted by Crippen LogP contribution is -2.55. The van der Waals surface area contributed by atoms with E-state index < -0.39 is 30.9 Å². The van der Waals surface area contributed by atoms with Crippen LogP contribution in [0.25, 0.3) is 0 Å². The van der Waals surface area contributed by atoms with Gasteiger partial charge in [-0.05, 0) is 44.1 Å². The molecule has 35 heavy (non-hydrogen) atoms. The number of amides is 3. The molecule has 3 amide bonds. The Morgan fingerprint density at radius 1 is 1.03 bits per heavy atom. The van der Waals surface area contributed by atoms with E-state index in [9.17, 15) is 24.4 Å². The molecule has 3 rings (SSSR count). The van der Waals surface area contributed by atoms with Gasteiger partial charge in [0, 0.05) is 25.5 Å². The topological polar surface area (TPSA) is 145 Å². The molecule has 2 heterocycles. The summed E-state index contributed by atoms with van der Waals surface area (Å²) in [6.07, 6.45) is 8.27. The minimum absolute atomic E-state index is 0.0114. The van der Waals surface area contributed by atoms with Gasteiger partial charge in [0.05, 0.1) is 18.6 Å². The van der Waals surface area contributed by atoms with Gasteiger partial charge in [-0.1, -0.05) is 30.3 Å². The molecule has 0 radical (unpaired) electrons. The van der Waals surface area contributed by atoms with Crippen molar-refractivity contribution in [1.82, 2.24) is 25.5 Å². The van der Waals surface area contributed by atoms with Crippen LogP contribution in [-0.4, -0.2) is 74.8 Å². The number of aromatic nitrogens is 2. The molecule has 1 aromatic heterocycles. The largest absolute Gasteiger partial charge is 0.475 e. The van der Waals surface area contributed by atoms with Crippen molar-refractivity contribution >= 4 is 24.8 Å². The van der Waals surface area contributed by atoms with Gasteiger partial charge in [0.1, 0.15) is 11.7 Å². The number of carbonyl (C=O) groups excluding carboxylic acids is 3. The van der Waals surface area contributed by atoms with Gasteiger partial charge >= 0.3 is 7.12 Å². The second kappa shape index (κ2) is 13.5. The molecule has 1 unspecified atom stereocenters. The molecule has 0 spiro atoms. The monoisotopic (exact) mass is 481 g/mol. The first-order chi connectivity index (χ1) is 16.9. The lowest BCUT2D eigenvalue weighted by atomic mass is 9.76. The number of hydrogen-bond acceptors (Lipinski definition) is 7. The maximum atomic E-state index is 13.1. The molecule has 1 aromatic carbocycles. The van der Waals surface area contributed by atoms with Gasteiger partial charge in [-0.25, -0.2) is 4.98 Å². The number of piperidine rings is 1. The van der Waals surface area contributed by atoms with E-state index in [4.69, 9.17) is 0 Å². The van der Waals surface area contributed by atoms with Gasteiger partial charge < -0.3 is 25.6 Å². The van der Waals surface area contributed by atoms with E-state index in [0.29, 0.717) is 32.4 Å². The Kier molecular flexibility index (Phi) is 10.2. The number of nitrogens with zero attached hydrogens (tertiary/aromatic N) is 3. The maximum Gasteiger partial charge on any atom is 0.475 e. The number of hydrogen-bond donors (Lipinski definition) is 4. The highest BCUT2D eigenvalue weighted by molar-refractivity contribution is 6.43. The van der Waals surface area contributed by atoms with Crippen molar-refractivity contribution in [2.24, 2.45) is 0 Å². The van der Waals surface area contributed by atoms with Crippen LogP contribution >= 0.6 is 0 Å². The molecule has 2 atom stereocenters. The molecular weight excluding hydrogens is 449 g/mol. The summed E-state index contributed by atoms with van der Waals surface area (Å²) in [7, 11) is -1.79. The first-order valence-electron chi connectivity index (χ1n) is 12.0. The quantitative estimate of drug-likeness (QED) is 0.342. The van der Waals surface area contributed by atoms with Gasteiger partial charge in [0.2, 0.25) is 11.8 Å². The average molecular weight is 481 g/mol. The van der Waals surface area contributed by atoms with Crippen LogP contribution in [0.2, 0.25) is 0 Å². The molecule has 1 saturated heterocycles. The number of benzene rings is 1. The van der Waals surface area contributed by atoms with Crippen molar-refractivity contribution in [2.45, 2.75) is 56.9 Å². The minimum atomic E-state index is -1.79. The Labute approximate surface area is 205 Å². The predicted molar refractivity (Wildman–Crippen MR) is 130 cm³/mol. The third-order valence-corrected chi connectivity index (χ3v) is 6.02. The summed E-state index contributed by atoms with van der Waals surface area (Å²) >= 11 is 0. The lowest BCUT2D eigenvalue weighted by molar-refractivity contribution is -0.135. The van der Waals surface area contributed by atoms with Gasteiger partial charge in [-0.15, -0.1) is 0 Å². The summed E-state index contributed by atoms with van der Waals surface area (Å²) in [5.41, 5.74) is 1.11. The summed E-state index contributed by atoms with van der Waals surface area (Å²) in [5.74, 6) is -2.50. The Morgan fingerprint density at radius 2 is 1.77 bits per heavy atom. The van der Waals surface area contributed by atoms with E-state index in [1.807, 2.05) is 30.3 Å². The number of rotatable bonds is 11. The highest BCUT2D eigenvalue weighted by Crippen LogP contribution is 2.12. The van der Waals surface area contributed by atoms with Crippen LogP contribution in [0.4, 0.5) is 0 Å². The zero-order valence-corrected chi connectivity index (χ0v) is 19.7. The summed E-state index contributed by atoms with van der Waals surface area (Å²) < 4.78 is 0. The molecule has 10 nitrogen and oxygen atoms in total. The Hall–Kier alpha value is -3.31. The Bertz CT molecular complexity index is 957. The maximum absolute atomic E-state index is 13.1. The zero-order chi connectivity index (χ0) is 25.0. The third-order valence-electron chi connectivity index (χ3n) is 6.02. The van der Waals surface area contributed by atoms with E-state index in [-0.39, 0.29) is 18.0 Å². The van der Waals surface area contributed by atoms with Crippen molar-refractivity contribution in [3.63, 3.8) is 0 Å². The summed E-state index contributed by atoms with van der Waals surface area (Å²) in [6.45, 7) is 1.23.